The second kappa shape index (κ2) is 7.47. The largest absolute Gasteiger partial charge is 0.486 e. The van der Waals surface area contributed by atoms with Crippen molar-refractivity contribution < 1.29 is 9.47 Å². The molecule has 7 rings (SSSR count). The average molecular weight is 467 g/mol. The summed E-state index contributed by atoms with van der Waals surface area (Å²) in [5.41, 5.74) is 1.29. The van der Waals surface area contributed by atoms with Gasteiger partial charge in [0, 0.05) is 29.9 Å². The summed E-state index contributed by atoms with van der Waals surface area (Å²) < 4.78 is 14.2. The first-order valence-electron chi connectivity index (χ1n) is 11.4. The molecule has 4 heteroatoms. The van der Waals surface area contributed by atoms with Gasteiger partial charge in [0.05, 0.1) is 0 Å². The molecule has 0 atom stereocenters. The van der Waals surface area contributed by atoms with Gasteiger partial charge in [-0.2, -0.15) is 0 Å². The predicted octanol–water partition coefficient (Wildman–Crippen LogP) is 8.29. The van der Waals surface area contributed by atoms with Gasteiger partial charge < -0.3 is 9.47 Å². The lowest BCUT2D eigenvalue weighted by Gasteiger charge is -2.18. The molecule has 0 radical (unpaired) electrons. The molecule has 162 valence electrons. The van der Waals surface area contributed by atoms with Crippen molar-refractivity contribution in [3.05, 3.63) is 82.0 Å². The number of fused-ring (bicyclic) bond motifs is 7. The Bertz CT molecular complexity index is 1690. The van der Waals surface area contributed by atoms with Crippen LogP contribution in [0.1, 0.15) is 15.3 Å². The van der Waals surface area contributed by atoms with Crippen molar-refractivity contribution in [3.8, 4) is 11.5 Å². The average Bonchev–Trinajstić information content (AvgIpc) is 3.44. The normalized spacial score (nSPS) is 13.5. The fraction of sp³-hybridized carbons (Fsp3) is 0.172. The topological polar surface area (TPSA) is 18.5 Å². The van der Waals surface area contributed by atoms with E-state index in [1.165, 1.54) is 57.0 Å². The van der Waals surface area contributed by atoms with Crippen LogP contribution >= 0.6 is 22.7 Å². The SMILES string of the molecule is Cc1cc2ccc3cc4c(ccc5cc(CCc6ccc7c(c6)OCCO7)sc54)cc3c2s1. The molecule has 0 saturated heterocycles. The van der Waals surface area contributed by atoms with Gasteiger partial charge in [0.1, 0.15) is 13.2 Å². The van der Waals surface area contributed by atoms with Crippen LogP contribution < -0.4 is 9.47 Å². The summed E-state index contributed by atoms with van der Waals surface area (Å²) in [5, 5.41) is 8.08. The lowest BCUT2D eigenvalue weighted by molar-refractivity contribution is 0.171. The van der Waals surface area contributed by atoms with Crippen LogP contribution in [0.5, 0.6) is 11.5 Å². The molecule has 4 aromatic carbocycles. The van der Waals surface area contributed by atoms with E-state index in [0.29, 0.717) is 13.2 Å². The molecule has 0 saturated carbocycles. The van der Waals surface area contributed by atoms with Crippen LogP contribution in [0.2, 0.25) is 0 Å². The molecule has 6 aromatic rings. The van der Waals surface area contributed by atoms with E-state index in [2.05, 4.69) is 67.6 Å². The van der Waals surface area contributed by atoms with Crippen molar-refractivity contribution in [3.63, 3.8) is 0 Å². The third kappa shape index (κ3) is 3.28. The first-order valence-corrected chi connectivity index (χ1v) is 13.0. The summed E-state index contributed by atoms with van der Waals surface area (Å²) in [5.74, 6) is 1.74. The number of ether oxygens (including phenoxy) is 2. The molecular weight excluding hydrogens is 444 g/mol. The maximum absolute atomic E-state index is 5.75. The molecule has 1 aliphatic heterocycles. The van der Waals surface area contributed by atoms with E-state index in [-0.39, 0.29) is 0 Å². The van der Waals surface area contributed by atoms with Gasteiger partial charge in [-0.1, -0.05) is 30.3 Å². The van der Waals surface area contributed by atoms with Crippen LogP contribution in [0.3, 0.4) is 0 Å². The molecule has 33 heavy (non-hydrogen) atoms. The minimum Gasteiger partial charge on any atom is -0.486 e. The van der Waals surface area contributed by atoms with Gasteiger partial charge in [0.15, 0.2) is 11.5 Å². The molecule has 2 aromatic heterocycles. The number of rotatable bonds is 3. The number of hydrogen-bond donors (Lipinski definition) is 0. The zero-order valence-electron chi connectivity index (χ0n) is 18.3. The molecule has 0 aliphatic carbocycles. The molecule has 3 heterocycles. The summed E-state index contributed by atoms with van der Waals surface area (Å²) >= 11 is 3.83. The third-order valence-corrected chi connectivity index (χ3v) is 8.90. The van der Waals surface area contributed by atoms with Gasteiger partial charge in [-0.25, -0.2) is 0 Å². The molecule has 0 spiro atoms. The zero-order chi connectivity index (χ0) is 21.9. The Morgan fingerprint density at radius 1 is 0.636 bits per heavy atom. The maximum atomic E-state index is 5.75. The Balaban J connectivity index is 1.26. The van der Waals surface area contributed by atoms with Crippen LogP contribution in [-0.4, -0.2) is 13.2 Å². The summed E-state index contributed by atoms with van der Waals surface area (Å²) in [6.45, 7) is 3.46. The van der Waals surface area contributed by atoms with Crippen molar-refractivity contribution in [2.24, 2.45) is 0 Å². The fourth-order valence-corrected chi connectivity index (χ4v) is 7.18. The van der Waals surface area contributed by atoms with Gasteiger partial charge in [-0.15, -0.1) is 22.7 Å². The number of aryl methyl sites for hydroxylation is 3. The van der Waals surface area contributed by atoms with Crippen molar-refractivity contribution in [1.82, 2.24) is 0 Å². The second-order valence-corrected chi connectivity index (χ2v) is 11.2. The van der Waals surface area contributed by atoms with Gasteiger partial charge in [-0.3, -0.25) is 0 Å². The molecule has 0 N–H and O–H groups in total. The standard InChI is InChI=1S/C29H22O2S2/c1-17-12-21-6-4-19-16-25-20(15-24(19)28(21)32-17)5-7-22-14-23(33-29(22)25)8-2-18-3-9-26-27(13-18)31-11-10-30-26/h3-7,9,12-16H,2,8,10-11H2,1H3. The van der Waals surface area contributed by atoms with E-state index in [1.54, 1.807) is 0 Å². The Kier molecular flexibility index (Phi) is 4.39. The van der Waals surface area contributed by atoms with Crippen LogP contribution in [0.15, 0.2) is 66.7 Å². The van der Waals surface area contributed by atoms with E-state index in [1.807, 2.05) is 28.7 Å². The molecule has 1 aliphatic rings. The maximum Gasteiger partial charge on any atom is 0.161 e. The highest BCUT2D eigenvalue weighted by Crippen LogP contribution is 2.39. The van der Waals surface area contributed by atoms with Crippen molar-refractivity contribution in [2.45, 2.75) is 19.8 Å². The molecule has 0 amide bonds. The van der Waals surface area contributed by atoms with Crippen LogP contribution in [-0.2, 0) is 12.8 Å². The van der Waals surface area contributed by atoms with Gasteiger partial charge >= 0.3 is 0 Å². The van der Waals surface area contributed by atoms with Crippen LogP contribution in [0, 0.1) is 6.92 Å². The van der Waals surface area contributed by atoms with E-state index in [0.717, 1.165) is 24.3 Å². The van der Waals surface area contributed by atoms with Crippen LogP contribution in [0.25, 0.3) is 41.7 Å². The number of thiophene rings is 2. The van der Waals surface area contributed by atoms with E-state index in [4.69, 9.17) is 9.47 Å². The zero-order valence-corrected chi connectivity index (χ0v) is 19.9. The summed E-state index contributed by atoms with van der Waals surface area (Å²) in [6, 6.07) is 24.9. The second-order valence-electron chi connectivity index (χ2n) is 8.81. The molecule has 0 unspecified atom stereocenters. The quantitative estimate of drug-likeness (QED) is 0.244. The highest BCUT2D eigenvalue weighted by atomic mass is 32.1. The van der Waals surface area contributed by atoms with Crippen molar-refractivity contribution in [2.75, 3.05) is 13.2 Å². The predicted molar refractivity (Wildman–Crippen MR) is 142 cm³/mol. The monoisotopic (exact) mass is 466 g/mol. The van der Waals surface area contributed by atoms with Crippen molar-refractivity contribution in [1.29, 1.82) is 0 Å². The van der Waals surface area contributed by atoms with E-state index in [9.17, 15) is 0 Å². The first-order chi connectivity index (χ1) is 16.2. The molecule has 2 nitrogen and oxygen atoms in total. The molecule has 0 bridgehead atoms. The Labute approximate surface area is 200 Å². The van der Waals surface area contributed by atoms with Crippen LogP contribution in [0.4, 0.5) is 0 Å². The smallest absolute Gasteiger partial charge is 0.161 e. The van der Waals surface area contributed by atoms with E-state index >= 15 is 0 Å². The fourth-order valence-electron chi connectivity index (χ4n) is 4.96. The Hall–Kier alpha value is -3.08. The minimum absolute atomic E-state index is 0.631. The summed E-state index contributed by atoms with van der Waals surface area (Å²) in [6.07, 6.45) is 2.03. The number of hydrogen-bond acceptors (Lipinski definition) is 4. The van der Waals surface area contributed by atoms with Gasteiger partial charge in [0.25, 0.3) is 0 Å². The highest BCUT2D eigenvalue weighted by Gasteiger charge is 2.13. The Morgan fingerprint density at radius 2 is 1.30 bits per heavy atom. The summed E-state index contributed by atoms with van der Waals surface area (Å²) in [4.78, 5) is 2.80. The molecular formula is C29H22O2S2. The van der Waals surface area contributed by atoms with Crippen molar-refractivity contribution >= 4 is 64.4 Å². The lowest BCUT2D eigenvalue weighted by atomic mass is 10.0. The van der Waals surface area contributed by atoms with Gasteiger partial charge in [0.2, 0.25) is 0 Å². The number of benzene rings is 4. The van der Waals surface area contributed by atoms with Gasteiger partial charge in [-0.05, 0) is 83.3 Å². The van der Waals surface area contributed by atoms with E-state index < -0.39 is 0 Å². The third-order valence-electron chi connectivity index (χ3n) is 6.56. The molecule has 0 fully saturated rings. The minimum atomic E-state index is 0.631. The Morgan fingerprint density at radius 3 is 2.09 bits per heavy atom. The first kappa shape index (κ1) is 19.4. The summed E-state index contributed by atoms with van der Waals surface area (Å²) in [7, 11) is 0. The lowest BCUT2D eigenvalue weighted by Crippen LogP contribution is -2.15. The highest BCUT2D eigenvalue weighted by molar-refractivity contribution is 7.20.